The van der Waals surface area contributed by atoms with Gasteiger partial charge in [-0.1, -0.05) is 23.2 Å². The first-order valence-corrected chi connectivity index (χ1v) is 6.45. The maximum atomic E-state index is 13.3. The zero-order valence-corrected chi connectivity index (χ0v) is 12.0. The topological polar surface area (TPSA) is 55.1 Å². The van der Waals surface area contributed by atoms with Gasteiger partial charge in [0.1, 0.15) is 5.82 Å². The van der Waals surface area contributed by atoms with Gasteiger partial charge in [0.2, 0.25) is 0 Å². The number of nitrogen functional groups attached to an aromatic ring is 1. The number of nitrogens with one attached hydrogen (secondary N) is 1. The predicted octanol–water partition coefficient (Wildman–Crippen LogP) is 4.28. The Bertz CT molecular complexity index is 646. The van der Waals surface area contributed by atoms with Gasteiger partial charge in [-0.05, 0) is 42.8 Å². The van der Waals surface area contributed by atoms with Crippen molar-refractivity contribution in [2.45, 2.75) is 6.92 Å². The van der Waals surface area contributed by atoms with Crippen LogP contribution < -0.4 is 11.1 Å². The fourth-order valence-corrected chi connectivity index (χ4v) is 2.21. The largest absolute Gasteiger partial charge is 0.396 e. The minimum atomic E-state index is -0.446. The van der Waals surface area contributed by atoms with Crippen LogP contribution in [-0.2, 0) is 0 Å². The van der Waals surface area contributed by atoms with E-state index < -0.39 is 11.7 Å². The van der Waals surface area contributed by atoms with Gasteiger partial charge in [0.05, 0.1) is 15.7 Å². The van der Waals surface area contributed by atoms with Crippen molar-refractivity contribution in [3.8, 4) is 0 Å². The first-order valence-electron chi connectivity index (χ1n) is 5.70. The number of hydrogen-bond donors (Lipinski definition) is 2. The summed E-state index contributed by atoms with van der Waals surface area (Å²) in [6.07, 6.45) is 0. The highest BCUT2D eigenvalue weighted by molar-refractivity contribution is 6.39. The Morgan fingerprint density at radius 1 is 1.15 bits per heavy atom. The number of hydrogen-bond acceptors (Lipinski definition) is 2. The molecule has 104 valence electrons. The number of amides is 1. The summed E-state index contributed by atoms with van der Waals surface area (Å²) in [6, 6.07) is 7.06. The fraction of sp³-hybridized carbons (Fsp3) is 0.0714. The van der Waals surface area contributed by atoms with Crippen molar-refractivity contribution in [3.05, 3.63) is 57.3 Å². The van der Waals surface area contributed by atoms with Crippen LogP contribution in [0.25, 0.3) is 0 Å². The Balaban J connectivity index is 2.28. The van der Waals surface area contributed by atoms with Gasteiger partial charge in [0.25, 0.3) is 5.91 Å². The Hall–Kier alpha value is -1.78. The molecule has 2 rings (SSSR count). The van der Waals surface area contributed by atoms with Crippen LogP contribution in [0, 0.1) is 12.7 Å². The van der Waals surface area contributed by atoms with Gasteiger partial charge in [-0.2, -0.15) is 0 Å². The molecule has 20 heavy (non-hydrogen) atoms. The van der Waals surface area contributed by atoms with Gasteiger partial charge in [-0.15, -0.1) is 0 Å². The first-order chi connectivity index (χ1) is 9.36. The maximum absolute atomic E-state index is 13.3. The number of benzene rings is 2. The molecule has 0 aliphatic heterocycles. The van der Waals surface area contributed by atoms with Crippen LogP contribution in [0.2, 0.25) is 10.0 Å². The summed E-state index contributed by atoms with van der Waals surface area (Å²) in [7, 11) is 0. The summed E-state index contributed by atoms with van der Waals surface area (Å²) >= 11 is 11.7. The third-order valence-electron chi connectivity index (χ3n) is 2.64. The lowest BCUT2D eigenvalue weighted by Gasteiger charge is -2.09. The van der Waals surface area contributed by atoms with Gasteiger partial charge in [-0.3, -0.25) is 4.79 Å². The van der Waals surface area contributed by atoms with Gasteiger partial charge in [0.15, 0.2) is 0 Å². The molecule has 2 aromatic carbocycles. The van der Waals surface area contributed by atoms with Crippen LogP contribution in [0.5, 0.6) is 0 Å². The number of halogens is 3. The number of aryl methyl sites for hydroxylation is 1. The van der Waals surface area contributed by atoms with Crippen LogP contribution >= 0.6 is 23.2 Å². The second-order valence-corrected chi connectivity index (χ2v) is 5.14. The summed E-state index contributed by atoms with van der Waals surface area (Å²) in [4.78, 5) is 12.1. The van der Waals surface area contributed by atoms with Crippen LogP contribution in [0.3, 0.4) is 0 Å². The molecule has 2 aromatic rings. The van der Waals surface area contributed by atoms with Crippen molar-refractivity contribution < 1.29 is 9.18 Å². The molecule has 0 aromatic heterocycles. The van der Waals surface area contributed by atoms with E-state index in [9.17, 15) is 9.18 Å². The van der Waals surface area contributed by atoms with Crippen molar-refractivity contribution in [2.24, 2.45) is 0 Å². The molecule has 3 N–H and O–H groups in total. The first kappa shape index (κ1) is 14.6. The van der Waals surface area contributed by atoms with Crippen LogP contribution in [-0.4, -0.2) is 5.91 Å². The number of carbonyl (C=O) groups is 1. The molecule has 0 fully saturated rings. The van der Waals surface area contributed by atoms with Crippen molar-refractivity contribution in [1.82, 2.24) is 0 Å². The molecule has 0 aliphatic carbocycles. The van der Waals surface area contributed by atoms with E-state index in [1.54, 1.807) is 13.0 Å². The highest BCUT2D eigenvalue weighted by Crippen LogP contribution is 2.29. The van der Waals surface area contributed by atoms with E-state index in [0.29, 0.717) is 11.3 Å². The number of carbonyl (C=O) groups excluding carboxylic acids is 1. The van der Waals surface area contributed by atoms with E-state index in [-0.39, 0.29) is 21.3 Å². The summed E-state index contributed by atoms with van der Waals surface area (Å²) in [5.74, 6) is -0.868. The van der Waals surface area contributed by atoms with Crippen molar-refractivity contribution in [1.29, 1.82) is 0 Å². The van der Waals surface area contributed by atoms with Crippen molar-refractivity contribution >= 4 is 40.5 Å². The molecule has 0 heterocycles. The molecular weight excluding hydrogens is 302 g/mol. The summed E-state index contributed by atoms with van der Waals surface area (Å²) in [6.45, 7) is 1.73. The number of anilines is 2. The van der Waals surface area contributed by atoms with E-state index in [4.69, 9.17) is 28.9 Å². The second-order valence-electron chi connectivity index (χ2n) is 4.32. The monoisotopic (exact) mass is 312 g/mol. The van der Waals surface area contributed by atoms with Gasteiger partial charge < -0.3 is 11.1 Å². The summed E-state index contributed by atoms with van der Waals surface area (Å²) in [5.41, 5.74) is 7.12. The lowest BCUT2D eigenvalue weighted by molar-refractivity contribution is 0.102. The lowest BCUT2D eigenvalue weighted by Crippen LogP contribution is -2.12. The number of nitrogens with two attached hydrogens (primary N) is 1. The van der Waals surface area contributed by atoms with Crippen molar-refractivity contribution in [3.63, 3.8) is 0 Å². The van der Waals surface area contributed by atoms with Gasteiger partial charge in [0, 0.05) is 11.3 Å². The fourth-order valence-electron chi connectivity index (χ4n) is 1.73. The molecule has 0 spiro atoms. The number of rotatable bonds is 2. The Labute approximate surface area is 125 Å². The normalized spacial score (nSPS) is 10.4. The van der Waals surface area contributed by atoms with Gasteiger partial charge in [-0.25, -0.2) is 4.39 Å². The van der Waals surface area contributed by atoms with E-state index in [1.165, 1.54) is 24.3 Å². The van der Waals surface area contributed by atoms with E-state index in [2.05, 4.69) is 5.32 Å². The molecule has 6 heteroatoms. The quantitative estimate of drug-likeness (QED) is 0.813. The standard InChI is InChI=1S/C14H11Cl2FN2O/c1-7-2-9(17)6-10(3-7)19-14(20)8-4-11(15)13(18)12(16)5-8/h2-6H,18H2,1H3,(H,19,20). The molecule has 1 amide bonds. The Morgan fingerprint density at radius 2 is 1.75 bits per heavy atom. The highest BCUT2D eigenvalue weighted by atomic mass is 35.5. The molecule has 0 aliphatic rings. The minimum absolute atomic E-state index is 0.193. The smallest absolute Gasteiger partial charge is 0.255 e. The van der Waals surface area contributed by atoms with Gasteiger partial charge >= 0.3 is 0 Å². The molecule has 0 atom stereocenters. The molecule has 0 unspecified atom stereocenters. The summed E-state index contributed by atoms with van der Waals surface area (Å²) in [5, 5.41) is 2.96. The average Bonchev–Trinajstić information content (AvgIpc) is 2.33. The Kier molecular flexibility index (Phi) is 4.16. The van der Waals surface area contributed by atoms with E-state index in [1.807, 2.05) is 0 Å². The molecular formula is C14H11Cl2FN2O. The molecule has 0 bridgehead atoms. The second kappa shape index (κ2) is 5.69. The predicted molar refractivity (Wildman–Crippen MR) is 80.0 cm³/mol. The zero-order valence-electron chi connectivity index (χ0n) is 10.5. The summed E-state index contributed by atoms with van der Waals surface area (Å²) < 4.78 is 13.3. The molecule has 0 saturated heterocycles. The van der Waals surface area contributed by atoms with E-state index in [0.717, 1.165) is 0 Å². The molecule has 0 radical (unpaired) electrons. The maximum Gasteiger partial charge on any atom is 0.255 e. The molecule has 3 nitrogen and oxygen atoms in total. The van der Waals surface area contributed by atoms with Crippen LogP contribution in [0.4, 0.5) is 15.8 Å². The van der Waals surface area contributed by atoms with Crippen LogP contribution in [0.1, 0.15) is 15.9 Å². The third kappa shape index (κ3) is 3.21. The van der Waals surface area contributed by atoms with E-state index >= 15 is 0 Å². The zero-order chi connectivity index (χ0) is 14.9. The van der Waals surface area contributed by atoms with Crippen molar-refractivity contribution in [2.75, 3.05) is 11.1 Å². The highest BCUT2D eigenvalue weighted by Gasteiger charge is 2.12. The average molecular weight is 313 g/mol. The lowest BCUT2D eigenvalue weighted by atomic mass is 10.1. The molecule has 0 saturated carbocycles. The Morgan fingerprint density at radius 3 is 2.30 bits per heavy atom. The third-order valence-corrected chi connectivity index (χ3v) is 3.27. The minimum Gasteiger partial charge on any atom is -0.396 e. The SMILES string of the molecule is Cc1cc(F)cc(NC(=O)c2cc(Cl)c(N)c(Cl)c2)c1. The van der Waals surface area contributed by atoms with Crippen LogP contribution in [0.15, 0.2) is 30.3 Å².